The highest BCUT2D eigenvalue weighted by atomic mass is 16.5. The second kappa shape index (κ2) is 11.9. The molecule has 9 heteroatoms. The highest BCUT2D eigenvalue weighted by Gasteiger charge is 2.21. The number of rotatable bonds is 10. The number of aryl methyl sites for hydroxylation is 1. The number of likely N-dealkylation sites (N-methyl/N-ethyl adjacent to an activating group) is 2. The fourth-order valence-electron chi connectivity index (χ4n) is 4.32. The number of hydrogen-bond donors (Lipinski definition) is 3. The van der Waals surface area contributed by atoms with Crippen LogP contribution in [0.3, 0.4) is 0 Å². The molecular formula is C29H35N7O2. The van der Waals surface area contributed by atoms with Crippen LogP contribution in [0.15, 0.2) is 60.9 Å². The zero-order valence-corrected chi connectivity index (χ0v) is 22.4. The van der Waals surface area contributed by atoms with Gasteiger partial charge in [0, 0.05) is 42.6 Å². The van der Waals surface area contributed by atoms with Crippen LogP contribution < -0.4 is 20.7 Å². The first-order valence-corrected chi connectivity index (χ1v) is 12.6. The number of anilines is 4. The predicted molar refractivity (Wildman–Crippen MR) is 153 cm³/mol. The Bertz CT molecular complexity index is 1350. The van der Waals surface area contributed by atoms with Crippen molar-refractivity contribution >= 4 is 34.6 Å². The highest BCUT2D eigenvalue weighted by Crippen LogP contribution is 2.29. The van der Waals surface area contributed by atoms with Crippen molar-refractivity contribution in [2.45, 2.75) is 32.2 Å². The summed E-state index contributed by atoms with van der Waals surface area (Å²) in [6, 6.07) is 13.6. The molecule has 1 saturated carbocycles. The molecule has 9 nitrogen and oxygen atoms in total. The Hall–Kier alpha value is -4.24. The summed E-state index contributed by atoms with van der Waals surface area (Å²) < 4.78 is 5.42. The summed E-state index contributed by atoms with van der Waals surface area (Å²) in [6.45, 7) is 2.69. The lowest BCUT2D eigenvalue weighted by molar-refractivity contribution is -0.113. The average Bonchev–Trinajstić information content (AvgIpc) is 2.87. The number of nitrogens with zero attached hydrogens (tertiary/aromatic N) is 4. The monoisotopic (exact) mass is 513 g/mol. The molecule has 0 radical (unpaired) electrons. The van der Waals surface area contributed by atoms with E-state index in [1.807, 2.05) is 49.4 Å². The van der Waals surface area contributed by atoms with E-state index in [1.165, 1.54) is 25.6 Å². The molecule has 1 aromatic heterocycles. The van der Waals surface area contributed by atoms with Gasteiger partial charge in [0.05, 0.1) is 18.4 Å². The Labute approximate surface area is 223 Å². The summed E-state index contributed by atoms with van der Waals surface area (Å²) in [5.41, 5.74) is 9.77. The largest absolute Gasteiger partial charge is 0.496 e. The van der Waals surface area contributed by atoms with E-state index in [2.05, 4.69) is 27.2 Å². The maximum absolute atomic E-state index is 12.8. The number of carbonyl (C=O) groups excluding carboxylic acids is 1. The molecule has 4 rings (SSSR count). The van der Waals surface area contributed by atoms with Gasteiger partial charge in [0.15, 0.2) is 0 Å². The van der Waals surface area contributed by atoms with E-state index in [-0.39, 0.29) is 17.4 Å². The molecule has 3 aromatic rings. The van der Waals surface area contributed by atoms with E-state index in [4.69, 9.17) is 15.9 Å². The Morgan fingerprint density at radius 3 is 2.71 bits per heavy atom. The maximum atomic E-state index is 12.8. The van der Waals surface area contributed by atoms with Crippen LogP contribution in [0.5, 0.6) is 5.75 Å². The van der Waals surface area contributed by atoms with E-state index >= 15 is 0 Å². The average molecular weight is 514 g/mol. The minimum atomic E-state index is -0.105. The van der Waals surface area contributed by atoms with Crippen molar-refractivity contribution in [1.82, 2.24) is 14.9 Å². The number of aromatic nitrogens is 2. The van der Waals surface area contributed by atoms with Gasteiger partial charge in [0.2, 0.25) is 5.91 Å². The molecule has 1 heterocycles. The molecule has 1 aliphatic carbocycles. The number of methoxy groups -OCH3 is 1. The molecule has 0 unspecified atom stereocenters. The molecule has 0 atom stereocenters. The van der Waals surface area contributed by atoms with Crippen molar-refractivity contribution in [1.29, 1.82) is 5.41 Å². The van der Waals surface area contributed by atoms with Gasteiger partial charge < -0.3 is 20.7 Å². The van der Waals surface area contributed by atoms with E-state index in [1.54, 1.807) is 31.2 Å². The van der Waals surface area contributed by atoms with Gasteiger partial charge in [0.25, 0.3) is 0 Å². The Morgan fingerprint density at radius 2 is 2.00 bits per heavy atom. The SMILES string of the molecule is COc1cc(C(=N)c2c(N)ncnc2Nc2cccc(N(C)C(=O)C=CCN(C)C3CCC3)c2)ccc1C. The third kappa shape index (κ3) is 6.00. The first-order valence-electron chi connectivity index (χ1n) is 12.6. The van der Waals surface area contributed by atoms with Crippen LogP contribution in [-0.2, 0) is 4.79 Å². The van der Waals surface area contributed by atoms with Crippen molar-refractivity contribution in [3.63, 3.8) is 0 Å². The minimum absolute atomic E-state index is 0.105. The first-order chi connectivity index (χ1) is 18.3. The van der Waals surface area contributed by atoms with Crippen LogP contribution in [0.4, 0.5) is 23.0 Å². The van der Waals surface area contributed by atoms with Crippen LogP contribution in [0.2, 0.25) is 0 Å². The molecule has 0 saturated heterocycles. The number of ether oxygens (including phenoxy) is 1. The number of carbonyl (C=O) groups is 1. The van der Waals surface area contributed by atoms with Gasteiger partial charge in [0.1, 0.15) is 23.7 Å². The molecule has 38 heavy (non-hydrogen) atoms. The van der Waals surface area contributed by atoms with Gasteiger partial charge in [-0.3, -0.25) is 15.1 Å². The molecule has 0 aliphatic heterocycles. The third-order valence-corrected chi connectivity index (χ3v) is 7.00. The standard InChI is InChI=1S/C29H35N7O2/c1-19-13-14-20(16-24(19)38-4)27(30)26-28(31)32-18-33-29(26)34-21-8-5-11-23(17-21)36(3)25(37)12-7-15-35(2)22-9-6-10-22/h5,7-8,11-14,16-18,22,30H,6,9-10,15H2,1-4H3,(H3,31,32,33,34). The zero-order valence-electron chi connectivity index (χ0n) is 22.4. The van der Waals surface area contributed by atoms with Crippen LogP contribution in [0, 0.1) is 12.3 Å². The fraction of sp³-hybridized carbons (Fsp3) is 0.310. The van der Waals surface area contributed by atoms with Gasteiger partial charge in [-0.1, -0.05) is 30.7 Å². The number of nitrogen functional groups attached to an aromatic ring is 1. The van der Waals surface area contributed by atoms with Gasteiger partial charge in [-0.05, 0) is 56.6 Å². The zero-order chi connectivity index (χ0) is 27.2. The topological polar surface area (TPSA) is 120 Å². The molecule has 0 bridgehead atoms. The maximum Gasteiger partial charge on any atom is 0.250 e. The van der Waals surface area contributed by atoms with Gasteiger partial charge in [-0.25, -0.2) is 9.97 Å². The Kier molecular flexibility index (Phi) is 8.38. The lowest BCUT2D eigenvalue weighted by atomic mass is 9.92. The van der Waals surface area contributed by atoms with Crippen molar-refractivity contribution in [3.8, 4) is 5.75 Å². The van der Waals surface area contributed by atoms with Crippen molar-refractivity contribution in [2.75, 3.05) is 43.7 Å². The molecule has 0 spiro atoms. The van der Waals surface area contributed by atoms with E-state index in [9.17, 15) is 4.79 Å². The number of benzene rings is 2. The molecule has 1 amide bonds. The minimum Gasteiger partial charge on any atom is -0.496 e. The van der Waals surface area contributed by atoms with Crippen LogP contribution in [0.25, 0.3) is 0 Å². The summed E-state index contributed by atoms with van der Waals surface area (Å²) >= 11 is 0. The molecule has 4 N–H and O–H groups in total. The quantitative estimate of drug-likeness (QED) is 0.269. The molecule has 198 valence electrons. The van der Waals surface area contributed by atoms with Gasteiger partial charge in [-0.2, -0.15) is 0 Å². The highest BCUT2D eigenvalue weighted by molar-refractivity contribution is 6.16. The summed E-state index contributed by atoms with van der Waals surface area (Å²) in [6.07, 6.45) is 8.65. The van der Waals surface area contributed by atoms with Gasteiger partial charge in [-0.15, -0.1) is 0 Å². The second-order valence-corrected chi connectivity index (χ2v) is 9.54. The molecular weight excluding hydrogens is 478 g/mol. The van der Waals surface area contributed by atoms with Crippen LogP contribution in [-0.4, -0.2) is 60.3 Å². The lowest BCUT2D eigenvalue weighted by Gasteiger charge is -2.33. The van der Waals surface area contributed by atoms with Crippen LogP contribution in [0.1, 0.15) is 36.0 Å². The lowest BCUT2D eigenvalue weighted by Crippen LogP contribution is -2.37. The van der Waals surface area contributed by atoms with Crippen molar-refractivity contribution < 1.29 is 9.53 Å². The molecule has 1 aliphatic rings. The Morgan fingerprint density at radius 1 is 1.21 bits per heavy atom. The second-order valence-electron chi connectivity index (χ2n) is 9.54. The van der Waals surface area contributed by atoms with Crippen LogP contribution >= 0.6 is 0 Å². The van der Waals surface area contributed by atoms with Crippen molar-refractivity contribution in [2.24, 2.45) is 0 Å². The van der Waals surface area contributed by atoms with E-state index < -0.39 is 0 Å². The third-order valence-electron chi connectivity index (χ3n) is 7.00. The molecule has 1 fully saturated rings. The summed E-state index contributed by atoms with van der Waals surface area (Å²) in [5.74, 6) is 1.16. The van der Waals surface area contributed by atoms with Gasteiger partial charge >= 0.3 is 0 Å². The smallest absolute Gasteiger partial charge is 0.250 e. The number of amides is 1. The molecule has 2 aromatic carbocycles. The normalized spacial score (nSPS) is 13.4. The van der Waals surface area contributed by atoms with E-state index in [0.717, 1.165) is 17.8 Å². The summed E-state index contributed by atoms with van der Waals surface area (Å²) in [7, 11) is 5.44. The fourth-order valence-corrected chi connectivity index (χ4v) is 4.32. The summed E-state index contributed by atoms with van der Waals surface area (Å²) in [5, 5.41) is 12.1. The number of nitrogens with two attached hydrogens (primary N) is 1. The summed E-state index contributed by atoms with van der Waals surface area (Å²) in [4.78, 5) is 25.1. The Balaban J connectivity index is 1.51. The number of nitrogens with one attached hydrogen (secondary N) is 2. The van der Waals surface area contributed by atoms with Crippen molar-refractivity contribution in [3.05, 3.63) is 77.6 Å². The number of hydrogen-bond acceptors (Lipinski definition) is 8. The predicted octanol–water partition coefficient (Wildman–Crippen LogP) is 4.54. The first kappa shape index (κ1) is 26.8. The van der Waals surface area contributed by atoms with E-state index in [0.29, 0.717) is 34.4 Å².